The van der Waals surface area contributed by atoms with Gasteiger partial charge in [0, 0.05) is 34.8 Å². The Morgan fingerprint density at radius 2 is 2.21 bits per heavy atom. The minimum absolute atomic E-state index is 0.0755. The van der Waals surface area contributed by atoms with E-state index in [0.29, 0.717) is 23.7 Å². The third-order valence-corrected chi connectivity index (χ3v) is 4.17. The normalized spacial score (nSPS) is 14.0. The average Bonchev–Trinajstić information content (AvgIpc) is 3.29. The Balaban J connectivity index is 1.88. The van der Waals surface area contributed by atoms with E-state index in [1.807, 2.05) is 30.7 Å². The zero-order valence-electron chi connectivity index (χ0n) is 14.1. The Morgan fingerprint density at radius 3 is 2.79 bits per heavy atom. The first-order valence-corrected chi connectivity index (χ1v) is 8.32. The summed E-state index contributed by atoms with van der Waals surface area (Å²) in [7, 11) is 0. The number of benzene rings is 1. The van der Waals surface area contributed by atoms with Gasteiger partial charge in [-0.25, -0.2) is 0 Å². The number of aromatic hydroxyl groups is 1. The molecule has 3 rings (SSSR count). The smallest absolute Gasteiger partial charge is 0.226 e. The highest BCUT2D eigenvalue weighted by Crippen LogP contribution is 2.42. The number of aromatic nitrogens is 2. The highest BCUT2D eigenvalue weighted by atomic mass is 16.3. The summed E-state index contributed by atoms with van der Waals surface area (Å²) in [6.07, 6.45) is 4.20. The molecule has 1 heterocycles. The SMILES string of the molecule is C=CCn1nc(-c2ccc(NC(=O)C(C)C)cc2O)cc1C1CC1. The highest BCUT2D eigenvalue weighted by molar-refractivity contribution is 5.92. The second-order valence-electron chi connectivity index (χ2n) is 6.58. The summed E-state index contributed by atoms with van der Waals surface area (Å²) in [5, 5.41) is 17.8. The third kappa shape index (κ3) is 3.35. The summed E-state index contributed by atoms with van der Waals surface area (Å²) in [4.78, 5) is 11.8. The molecule has 0 spiro atoms. The molecule has 0 aliphatic heterocycles. The Kier molecular flexibility index (Phi) is 4.42. The topological polar surface area (TPSA) is 67.2 Å². The monoisotopic (exact) mass is 325 g/mol. The molecule has 1 amide bonds. The largest absolute Gasteiger partial charge is 0.507 e. The quantitative estimate of drug-likeness (QED) is 0.791. The molecule has 2 aromatic rings. The van der Waals surface area contributed by atoms with E-state index in [-0.39, 0.29) is 17.6 Å². The second kappa shape index (κ2) is 6.51. The van der Waals surface area contributed by atoms with Crippen LogP contribution in [0.5, 0.6) is 5.75 Å². The molecule has 1 saturated carbocycles. The van der Waals surface area contributed by atoms with Crippen LogP contribution in [0.3, 0.4) is 0 Å². The predicted octanol–water partition coefficient (Wildman–Crippen LogP) is 3.91. The first kappa shape index (κ1) is 16.3. The molecule has 1 aliphatic rings. The highest BCUT2D eigenvalue weighted by Gasteiger charge is 2.28. The number of phenols is 1. The van der Waals surface area contributed by atoms with Crippen LogP contribution in [0.2, 0.25) is 0 Å². The fourth-order valence-corrected chi connectivity index (χ4v) is 2.65. The Labute approximate surface area is 142 Å². The van der Waals surface area contributed by atoms with Gasteiger partial charge in [-0.1, -0.05) is 19.9 Å². The van der Waals surface area contributed by atoms with Gasteiger partial charge in [-0.3, -0.25) is 9.48 Å². The maximum absolute atomic E-state index is 11.8. The van der Waals surface area contributed by atoms with Gasteiger partial charge >= 0.3 is 0 Å². The molecule has 24 heavy (non-hydrogen) atoms. The lowest BCUT2D eigenvalue weighted by atomic mass is 10.1. The van der Waals surface area contributed by atoms with Gasteiger partial charge in [0.25, 0.3) is 0 Å². The van der Waals surface area contributed by atoms with Crippen molar-refractivity contribution in [1.29, 1.82) is 0 Å². The van der Waals surface area contributed by atoms with Crippen LogP contribution in [0.25, 0.3) is 11.3 Å². The maximum Gasteiger partial charge on any atom is 0.226 e. The van der Waals surface area contributed by atoms with Gasteiger partial charge in [-0.05, 0) is 31.0 Å². The molecule has 0 saturated heterocycles. The first-order chi connectivity index (χ1) is 11.5. The average molecular weight is 325 g/mol. The number of allylic oxidation sites excluding steroid dienone is 1. The van der Waals surface area contributed by atoms with Crippen molar-refractivity contribution in [2.75, 3.05) is 5.32 Å². The van der Waals surface area contributed by atoms with Crippen LogP contribution >= 0.6 is 0 Å². The number of hydrogen-bond acceptors (Lipinski definition) is 3. The summed E-state index contributed by atoms with van der Waals surface area (Å²) in [6.45, 7) is 8.10. The van der Waals surface area contributed by atoms with Gasteiger partial charge in [0.15, 0.2) is 0 Å². The lowest BCUT2D eigenvalue weighted by Crippen LogP contribution is -2.17. The van der Waals surface area contributed by atoms with Crippen molar-refractivity contribution < 1.29 is 9.90 Å². The van der Waals surface area contributed by atoms with Crippen LogP contribution in [0.4, 0.5) is 5.69 Å². The summed E-state index contributed by atoms with van der Waals surface area (Å²) < 4.78 is 1.95. The van der Waals surface area contributed by atoms with E-state index in [4.69, 9.17) is 0 Å². The lowest BCUT2D eigenvalue weighted by Gasteiger charge is -2.09. The van der Waals surface area contributed by atoms with Crippen LogP contribution in [0.1, 0.15) is 38.3 Å². The van der Waals surface area contributed by atoms with Crippen molar-refractivity contribution in [3.05, 3.63) is 42.6 Å². The number of rotatable bonds is 6. The van der Waals surface area contributed by atoms with Crippen molar-refractivity contribution in [2.45, 2.75) is 39.2 Å². The summed E-state index contributed by atoms with van der Waals surface area (Å²) >= 11 is 0. The standard InChI is InChI=1S/C19H23N3O2/c1-4-9-22-17(13-5-6-13)11-16(21-22)15-8-7-14(10-18(15)23)20-19(24)12(2)3/h4,7-8,10-13,23H,1,5-6,9H2,2-3H3,(H,20,24). The Morgan fingerprint density at radius 1 is 1.46 bits per heavy atom. The third-order valence-electron chi connectivity index (χ3n) is 4.17. The fourth-order valence-electron chi connectivity index (χ4n) is 2.65. The van der Waals surface area contributed by atoms with Crippen LogP contribution in [-0.2, 0) is 11.3 Å². The Bertz CT molecular complexity index is 773. The predicted molar refractivity (Wildman–Crippen MR) is 95.0 cm³/mol. The minimum Gasteiger partial charge on any atom is -0.507 e. The van der Waals surface area contributed by atoms with E-state index < -0.39 is 0 Å². The zero-order chi connectivity index (χ0) is 17.3. The second-order valence-corrected chi connectivity index (χ2v) is 6.58. The van der Waals surface area contributed by atoms with Crippen molar-refractivity contribution in [2.24, 2.45) is 5.92 Å². The number of nitrogens with one attached hydrogen (secondary N) is 1. The van der Waals surface area contributed by atoms with Crippen LogP contribution in [-0.4, -0.2) is 20.8 Å². The molecule has 1 aromatic heterocycles. The molecule has 0 radical (unpaired) electrons. The van der Waals surface area contributed by atoms with Crippen LogP contribution in [0, 0.1) is 5.92 Å². The number of amides is 1. The van der Waals surface area contributed by atoms with Crippen molar-refractivity contribution in [3.8, 4) is 17.0 Å². The molecule has 2 N–H and O–H groups in total. The van der Waals surface area contributed by atoms with E-state index in [1.165, 1.54) is 18.5 Å². The molecule has 1 aromatic carbocycles. The molecule has 1 fully saturated rings. The molecule has 5 nitrogen and oxygen atoms in total. The summed E-state index contributed by atoms with van der Waals surface area (Å²) in [5.74, 6) is 0.496. The molecule has 0 bridgehead atoms. The molecular weight excluding hydrogens is 302 g/mol. The summed E-state index contributed by atoms with van der Waals surface area (Å²) in [6, 6.07) is 7.20. The van der Waals surface area contributed by atoms with E-state index in [2.05, 4.69) is 17.0 Å². The van der Waals surface area contributed by atoms with Crippen molar-refractivity contribution >= 4 is 11.6 Å². The van der Waals surface area contributed by atoms with Gasteiger partial charge in [0.05, 0.1) is 12.2 Å². The van der Waals surface area contributed by atoms with Crippen LogP contribution < -0.4 is 5.32 Å². The number of nitrogens with zero attached hydrogens (tertiary/aromatic N) is 2. The van der Waals surface area contributed by atoms with Gasteiger partial charge in [0.1, 0.15) is 5.75 Å². The maximum atomic E-state index is 11.8. The van der Waals surface area contributed by atoms with Crippen molar-refractivity contribution in [3.63, 3.8) is 0 Å². The van der Waals surface area contributed by atoms with E-state index in [9.17, 15) is 9.90 Å². The van der Waals surface area contributed by atoms with E-state index in [1.54, 1.807) is 18.2 Å². The first-order valence-electron chi connectivity index (χ1n) is 8.32. The molecule has 5 heteroatoms. The Hall–Kier alpha value is -2.56. The van der Waals surface area contributed by atoms with E-state index >= 15 is 0 Å². The number of carbonyl (C=O) groups excluding carboxylic acids is 1. The van der Waals surface area contributed by atoms with Gasteiger partial charge in [-0.15, -0.1) is 6.58 Å². The zero-order valence-corrected chi connectivity index (χ0v) is 14.1. The molecule has 1 aliphatic carbocycles. The molecule has 0 unspecified atom stereocenters. The van der Waals surface area contributed by atoms with Gasteiger partial charge in [0.2, 0.25) is 5.91 Å². The fraction of sp³-hybridized carbons (Fsp3) is 0.368. The van der Waals surface area contributed by atoms with Crippen LogP contribution in [0.15, 0.2) is 36.9 Å². The number of anilines is 1. The number of hydrogen-bond donors (Lipinski definition) is 2. The van der Waals surface area contributed by atoms with E-state index in [0.717, 1.165) is 5.69 Å². The summed E-state index contributed by atoms with van der Waals surface area (Å²) in [5.41, 5.74) is 3.20. The number of phenolic OH excluding ortho intramolecular Hbond substituents is 1. The minimum atomic E-state index is -0.109. The molecule has 126 valence electrons. The molecular formula is C19H23N3O2. The van der Waals surface area contributed by atoms with Gasteiger partial charge < -0.3 is 10.4 Å². The van der Waals surface area contributed by atoms with Gasteiger partial charge in [-0.2, -0.15) is 5.10 Å². The number of carbonyl (C=O) groups is 1. The van der Waals surface area contributed by atoms with Crippen molar-refractivity contribution in [1.82, 2.24) is 9.78 Å². The molecule has 0 atom stereocenters. The lowest BCUT2D eigenvalue weighted by molar-refractivity contribution is -0.118.